The van der Waals surface area contributed by atoms with Crippen molar-refractivity contribution >= 4 is 23.5 Å². The summed E-state index contributed by atoms with van der Waals surface area (Å²) in [5, 5.41) is 5.79. The fourth-order valence-electron chi connectivity index (χ4n) is 2.20. The Labute approximate surface area is 133 Å². The van der Waals surface area contributed by atoms with Gasteiger partial charge in [0.15, 0.2) is 6.23 Å². The van der Waals surface area contributed by atoms with Crippen LogP contribution in [0.15, 0.2) is 23.5 Å². The molecule has 1 saturated heterocycles. The van der Waals surface area contributed by atoms with Crippen molar-refractivity contribution in [3.63, 3.8) is 0 Å². The molecule has 1 aliphatic carbocycles. The van der Waals surface area contributed by atoms with Crippen LogP contribution in [-0.4, -0.2) is 55.3 Å². The Morgan fingerprint density at radius 1 is 1.64 bits per heavy atom. The minimum atomic E-state index is -1.20. The van der Waals surface area contributed by atoms with Crippen LogP contribution in [0.3, 0.4) is 0 Å². The molecule has 122 valence electrons. The number of allylic oxidation sites excluding steroid dienone is 4. The third-order valence-corrected chi connectivity index (χ3v) is 3.56. The largest absolute Gasteiger partial charge is 0.474 e. The van der Waals surface area contributed by atoms with E-state index in [2.05, 4.69) is 10.6 Å². The molecule has 1 aliphatic heterocycles. The lowest BCUT2D eigenvalue weighted by atomic mass is 10.0. The van der Waals surface area contributed by atoms with E-state index in [1.165, 1.54) is 12.0 Å². The Morgan fingerprint density at radius 2 is 2.41 bits per heavy atom. The summed E-state index contributed by atoms with van der Waals surface area (Å²) < 4.78 is 24.0. The van der Waals surface area contributed by atoms with E-state index in [-0.39, 0.29) is 18.1 Å². The molecule has 2 rings (SSSR count). The SMILES string of the molecule is COC(=S)NC1CN(C2=CC=C(NCCN)C(F)C2)C(=O)O1. The van der Waals surface area contributed by atoms with Crippen LogP contribution in [-0.2, 0) is 9.47 Å². The van der Waals surface area contributed by atoms with Gasteiger partial charge in [-0.3, -0.25) is 4.90 Å². The molecule has 7 nitrogen and oxygen atoms in total. The highest BCUT2D eigenvalue weighted by Crippen LogP contribution is 2.26. The zero-order valence-electron chi connectivity index (χ0n) is 12.2. The number of ether oxygens (including phenoxy) is 2. The second kappa shape index (κ2) is 7.41. The molecule has 0 spiro atoms. The topological polar surface area (TPSA) is 88.9 Å². The lowest BCUT2D eigenvalue weighted by molar-refractivity contribution is 0.125. The third kappa shape index (κ3) is 3.86. The molecule has 0 aromatic rings. The number of halogens is 1. The van der Waals surface area contributed by atoms with E-state index in [0.29, 0.717) is 24.5 Å². The van der Waals surface area contributed by atoms with Crippen molar-refractivity contribution in [1.82, 2.24) is 15.5 Å². The number of nitrogens with zero attached hydrogens (tertiary/aromatic N) is 1. The molecular formula is C13H19FN4O3S. The summed E-state index contributed by atoms with van der Waals surface area (Å²) in [6, 6.07) is 0. The Bertz CT molecular complexity index is 512. The Kier molecular flexibility index (Phi) is 5.56. The molecule has 1 amide bonds. The lowest BCUT2D eigenvalue weighted by Crippen LogP contribution is -2.38. The molecule has 2 atom stereocenters. The van der Waals surface area contributed by atoms with E-state index in [1.807, 2.05) is 0 Å². The van der Waals surface area contributed by atoms with Crippen molar-refractivity contribution in [2.24, 2.45) is 5.73 Å². The predicted molar refractivity (Wildman–Crippen MR) is 82.5 cm³/mol. The minimum Gasteiger partial charge on any atom is -0.474 e. The van der Waals surface area contributed by atoms with Crippen molar-refractivity contribution in [2.45, 2.75) is 18.8 Å². The third-order valence-electron chi connectivity index (χ3n) is 3.28. The average Bonchev–Trinajstić information content (AvgIpc) is 2.86. The van der Waals surface area contributed by atoms with E-state index < -0.39 is 18.5 Å². The standard InChI is InChI=1S/C13H19FN4O3S/c1-20-12(22)17-11-7-18(13(19)21-11)8-2-3-10(9(14)6-8)16-5-4-15/h2-3,9,11,16H,4-7,15H2,1H3,(H,17,22). The molecular weight excluding hydrogens is 311 g/mol. The van der Waals surface area contributed by atoms with E-state index in [1.54, 1.807) is 12.2 Å². The van der Waals surface area contributed by atoms with Gasteiger partial charge in [-0.2, -0.15) is 0 Å². The summed E-state index contributed by atoms with van der Waals surface area (Å²) in [6.45, 7) is 1.16. The molecule has 0 aromatic carbocycles. The summed E-state index contributed by atoms with van der Waals surface area (Å²) in [5.74, 6) is 0. The van der Waals surface area contributed by atoms with Gasteiger partial charge in [-0.1, -0.05) is 0 Å². The first-order valence-electron chi connectivity index (χ1n) is 6.86. The van der Waals surface area contributed by atoms with Crippen LogP contribution in [0.5, 0.6) is 0 Å². The predicted octanol–water partition coefficient (Wildman–Crippen LogP) is 0.343. The Hall–Kier alpha value is -1.87. The molecule has 22 heavy (non-hydrogen) atoms. The van der Waals surface area contributed by atoms with Gasteiger partial charge in [-0.25, -0.2) is 9.18 Å². The number of nitrogens with two attached hydrogens (primary N) is 1. The number of carbonyl (C=O) groups excluding carboxylic acids is 1. The molecule has 0 aromatic heterocycles. The van der Waals surface area contributed by atoms with E-state index >= 15 is 0 Å². The fraction of sp³-hybridized carbons (Fsp3) is 0.538. The maximum Gasteiger partial charge on any atom is 0.416 e. The van der Waals surface area contributed by atoms with Crippen molar-refractivity contribution in [3.05, 3.63) is 23.5 Å². The first kappa shape index (κ1) is 16.5. The second-order valence-corrected chi connectivity index (χ2v) is 5.16. The van der Waals surface area contributed by atoms with E-state index in [4.69, 9.17) is 27.4 Å². The van der Waals surface area contributed by atoms with Gasteiger partial charge in [0.05, 0.1) is 13.7 Å². The van der Waals surface area contributed by atoms with E-state index in [9.17, 15) is 9.18 Å². The number of thiocarbonyl (C=S) groups is 1. The van der Waals surface area contributed by atoms with Crippen LogP contribution in [0.25, 0.3) is 0 Å². The molecule has 1 heterocycles. The Balaban J connectivity index is 2.00. The first-order valence-corrected chi connectivity index (χ1v) is 7.27. The number of carbonyl (C=O) groups is 1. The van der Waals surface area contributed by atoms with Gasteiger partial charge in [0.1, 0.15) is 6.17 Å². The normalized spacial score (nSPS) is 24.3. The van der Waals surface area contributed by atoms with Crippen LogP contribution >= 0.6 is 12.2 Å². The fourth-order valence-corrected chi connectivity index (χ4v) is 2.33. The summed E-state index contributed by atoms with van der Waals surface area (Å²) in [4.78, 5) is 13.3. The van der Waals surface area contributed by atoms with Crippen molar-refractivity contribution < 1.29 is 18.7 Å². The van der Waals surface area contributed by atoms with Gasteiger partial charge in [0, 0.05) is 30.9 Å². The summed E-state index contributed by atoms with van der Waals surface area (Å²) in [6.07, 6.45) is 1.06. The maximum absolute atomic E-state index is 14.1. The highest BCUT2D eigenvalue weighted by molar-refractivity contribution is 7.80. The second-order valence-electron chi connectivity index (χ2n) is 4.79. The number of nitrogens with one attached hydrogen (secondary N) is 2. The highest BCUT2D eigenvalue weighted by atomic mass is 32.1. The Morgan fingerprint density at radius 3 is 3.05 bits per heavy atom. The number of cyclic esters (lactones) is 1. The van der Waals surface area contributed by atoms with Gasteiger partial charge in [0.2, 0.25) is 0 Å². The monoisotopic (exact) mass is 330 g/mol. The van der Waals surface area contributed by atoms with Crippen LogP contribution in [0.4, 0.5) is 9.18 Å². The van der Waals surface area contributed by atoms with Gasteiger partial charge < -0.3 is 25.8 Å². The highest BCUT2D eigenvalue weighted by Gasteiger charge is 2.35. The van der Waals surface area contributed by atoms with Gasteiger partial charge in [-0.05, 0) is 24.4 Å². The van der Waals surface area contributed by atoms with Crippen LogP contribution in [0, 0.1) is 0 Å². The molecule has 1 fully saturated rings. The molecule has 4 N–H and O–H groups in total. The molecule has 2 aliphatic rings. The molecule has 0 saturated carbocycles. The quantitative estimate of drug-likeness (QED) is 0.627. The van der Waals surface area contributed by atoms with Crippen molar-refractivity contribution in [1.29, 1.82) is 0 Å². The summed E-state index contributed by atoms with van der Waals surface area (Å²) >= 11 is 4.85. The zero-order chi connectivity index (χ0) is 16.1. The maximum atomic E-state index is 14.1. The molecule has 0 radical (unpaired) electrons. The number of amides is 1. The molecule has 9 heteroatoms. The van der Waals surface area contributed by atoms with Crippen LogP contribution in [0.1, 0.15) is 6.42 Å². The van der Waals surface area contributed by atoms with Gasteiger partial charge in [-0.15, -0.1) is 0 Å². The van der Waals surface area contributed by atoms with Crippen LogP contribution in [0.2, 0.25) is 0 Å². The van der Waals surface area contributed by atoms with E-state index in [0.717, 1.165) is 0 Å². The molecule has 2 unspecified atom stereocenters. The number of hydrogen-bond donors (Lipinski definition) is 3. The summed E-state index contributed by atoms with van der Waals surface area (Å²) in [7, 11) is 1.42. The van der Waals surface area contributed by atoms with Crippen molar-refractivity contribution in [3.8, 4) is 0 Å². The number of methoxy groups -OCH3 is 1. The van der Waals surface area contributed by atoms with Gasteiger partial charge in [0.25, 0.3) is 5.17 Å². The summed E-state index contributed by atoms with van der Waals surface area (Å²) in [5.41, 5.74) is 6.41. The number of alkyl halides is 1. The van der Waals surface area contributed by atoms with Gasteiger partial charge >= 0.3 is 6.09 Å². The number of rotatable bonds is 5. The first-order chi connectivity index (χ1) is 10.5. The van der Waals surface area contributed by atoms with Crippen molar-refractivity contribution in [2.75, 3.05) is 26.7 Å². The average molecular weight is 330 g/mol. The smallest absolute Gasteiger partial charge is 0.416 e. The minimum absolute atomic E-state index is 0.0972. The van der Waals surface area contributed by atoms with Crippen LogP contribution < -0.4 is 16.4 Å². The zero-order valence-corrected chi connectivity index (χ0v) is 13.0. The molecule has 0 bridgehead atoms. The lowest BCUT2D eigenvalue weighted by Gasteiger charge is -2.24. The number of hydrogen-bond acceptors (Lipinski definition) is 6.